The standard InChI is InChI=1S/C73H96IN5O26S3/c1-15-79(41(7)80)45-35-98-52(32-49(45)92-10)103-65-60(87)57(78-105-53-31-46(81)67(40(6)99-53)107-68(89)54-36(2)56(74)63(66(95-13)62(54)93-11)104-69-61(88)64(94-12)59(86)39(5)101-69)38(4)100-70(65)102-48-21-18-16-17-19-28-73(91)33-47(82)58(75-71(90)96-14)55(48)44(73)27-30-106-108-72(8,9)34-50(83)77-76-37(3)42-23-25-43(26-24-42)97-29-20-22-51(84)85/h16-17,23-27,38-40,45-46,48-49,52-53,57,59-61,64-65,67,69-70,78,81,86-88,91H,15,20,22,29-35H2,1-14H3,(H,75,90)(H,77,83)(H,84,85)/b17-16-,44-27+,76-37+/t38?,39?,40?,45?,46?,48-,49?,52?,53?,57?,59?,60?,61?,64?,65?,67?,69?,70?,73-/m0/s1. The number of thioether (sulfide) groups is 1. The Morgan fingerprint density at radius 2 is 1.56 bits per heavy atom. The normalized spacial score (nSPS) is 30.7. The highest BCUT2D eigenvalue weighted by molar-refractivity contribution is 14.1. The highest BCUT2D eigenvalue weighted by Gasteiger charge is 2.53. The molecule has 4 aliphatic heterocycles. The van der Waals surface area contributed by atoms with Crippen molar-refractivity contribution in [3.8, 4) is 46.7 Å². The van der Waals surface area contributed by atoms with Crippen molar-refractivity contribution >= 4 is 96.4 Å². The molecular formula is C73H96IN5O26S3. The molecule has 2 aromatic rings. The Morgan fingerprint density at radius 3 is 2.21 bits per heavy atom. The SMILES string of the molecule is CCN(C(C)=O)C1COC(OC2C(O[C@H]3C#C/C=C\C#C[C@]4(O)CC(=O)C(NC(=O)OC)=C3/C4=C\CSSC(C)(C)CC(=O)N/N=C(\C)c3ccc(OCCCC(=O)O)cc3)OC(C)C(NOC3CC(O)C(SC(=O)c4c(C)c(I)c(OC5OC(C)C(O)C(OC)C5O)c(OC)c4OC)C(C)O3)C2O)CC1OC. The number of aliphatic hydroxyl groups is 5. The van der Waals surface area contributed by atoms with E-state index in [9.17, 15) is 54.3 Å². The predicted octanol–water partition coefficient (Wildman–Crippen LogP) is 5.13. The molecule has 17 unspecified atom stereocenters. The van der Waals surface area contributed by atoms with E-state index in [-0.39, 0.29) is 96.1 Å². The molecule has 2 aromatic carbocycles. The lowest BCUT2D eigenvalue weighted by Gasteiger charge is -2.47. The molecule has 6 aliphatic rings. The Balaban J connectivity index is 1.02. The van der Waals surface area contributed by atoms with Gasteiger partial charge >= 0.3 is 12.1 Å². The van der Waals surface area contributed by atoms with Crippen LogP contribution in [0.15, 0.2) is 64.4 Å². The number of nitrogens with one attached hydrogen (secondary N) is 3. The van der Waals surface area contributed by atoms with Crippen LogP contribution in [0.3, 0.4) is 0 Å². The van der Waals surface area contributed by atoms with Crippen molar-refractivity contribution < 1.29 is 126 Å². The fourth-order valence-corrected chi connectivity index (χ4v) is 17.1. The summed E-state index contributed by atoms with van der Waals surface area (Å²) in [5.41, 5.74) is 4.52. The number of Topliss-reactive ketones (excluding diaryl/α,β-unsaturated/α-hetero) is 1. The van der Waals surface area contributed by atoms with E-state index in [0.29, 0.717) is 39.1 Å². The number of allylic oxidation sites excluding steroid dienone is 3. The number of rotatable bonds is 31. The average molecular weight is 1680 g/mol. The van der Waals surface area contributed by atoms with Gasteiger partial charge in [0, 0.05) is 75.0 Å². The van der Waals surface area contributed by atoms with Gasteiger partial charge in [0.25, 0.3) is 0 Å². The number of carboxylic acids is 1. The number of nitrogens with zero attached hydrogens (tertiary/aromatic N) is 2. The number of carboxylic acid groups (broad SMARTS) is 1. The molecule has 4 fully saturated rings. The Labute approximate surface area is 652 Å². The van der Waals surface area contributed by atoms with Gasteiger partial charge in [-0.3, -0.25) is 34.1 Å². The largest absolute Gasteiger partial charge is 0.494 e. The van der Waals surface area contributed by atoms with Gasteiger partial charge in [-0.2, -0.15) is 10.6 Å². The van der Waals surface area contributed by atoms with E-state index in [1.54, 1.807) is 69.9 Å². The molecule has 3 amide bonds. The van der Waals surface area contributed by atoms with E-state index in [4.69, 9.17) is 71.5 Å². The van der Waals surface area contributed by atoms with E-state index in [2.05, 4.69) is 45.0 Å². The summed E-state index contributed by atoms with van der Waals surface area (Å²) < 4.78 is 78.1. The zero-order valence-electron chi connectivity index (χ0n) is 62.4. The van der Waals surface area contributed by atoms with E-state index in [0.717, 1.165) is 18.9 Å². The summed E-state index contributed by atoms with van der Waals surface area (Å²) in [4.78, 5) is 87.3. The van der Waals surface area contributed by atoms with Crippen LogP contribution in [0.2, 0.25) is 0 Å². The Bertz CT molecular complexity index is 3790. The van der Waals surface area contributed by atoms with Crippen LogP contribution in [0.5, 0.6) is 23.0 Å². The second kappa shape index (κ2) is 39.8. The number of amides is 3. The summed E-state index contributed by atoms with van der Waals surface area (Å²) in [7, 11) is 9.26. The summed E-state index contributed by atoms with van der Waals surface area (Å²) in [6.45, 7) is 15.7. The molecule has 35 heteroatoms. The van der Waals surface area contributed by atoms with Crippen LogP contribution in [-0.2, 0) is 66.6 Å². The molecular weight excluding hydrogens is 1590 g/mol. The zero-order valence-corrected chi connectivity index (χ0v) is 67.0. The topological polar surface area (TPSA) is 405 Å². The minimum atomic E-state index is -2.23. The molecule has 0 aromatic heterocycles. The van der Waals surface area contributed by atoms with Crippen LogP contribution in [0, 0.1) is 34.2 Å². The molecule has 4 heterocycles. The van der Waals surface area contributed by atoms with Crippen LogP contribution in [0.4, 0.5) is 4.79 Å². The molecule has 4 saturated heterocycles. The molecule has 594 valence electrons. The molecule has 0 spiro atoms. The number of hydrogen-bond donors (Lipinski definition) is 9. The molecule has 108 heavy (non-hydrogen) atoms. The minimum absolute atomic E-state index is 0.00478. The van der Waals surface area contributed by atoms with Gasteiger partial charge in [-0.15, -0.1) is 0 Å². The fraction of sp³-hybridized carbons (Fsp3) is 0.603. The van der Waals surface area contributed by atoms with E-state index in [1.165, 1.54) is 69.1 Å². The number of benzene rings is 2. The van der Waals surface area contributed by atoms with Gasteiger partial charge in [-0.05, 0) is 132 Å². The number of hydroxylamine groups is 1. The number of halogens is 1. The van der Waals surface area contributed by atoms with Gasteiger partial charge in [0.05, 0.1) is 109 Å². The quantitative estimate of drug-likeness (QED) is 0.0118. The monoisotopic (exact) mass is 1680 g/mol. The second-order valence-corrected chi connectivity index (χ2v) is 31.9. The number of ether oxygens (including phenoxy) is 13. The van der Waals surface area contributed by atoms with Crippen molar-refractivity contribution in [2.24, 2.45) is 5.10 Å². The van der Waals surface area contributed by atoms with Gasteiger partial charge in [0.15, 0.2) is 41.8 Å². The number of fused-ring (bicyclic) bond motifs is 2. The third-order valence-corrected chi connectivity index (χ3v) is 24.4. The van der Waals surface area contributed by atoms with Crippen LogP contribution in [0.25, 0.3) is 0 Å². The van der Waals surface area contributed by atoms with Gasteiger partial charge in [0.1, 0.15) is 42.4 Å². The first-order chi connectivity index (χ1) is 51.3. The number of hydrogen-bond acceptors (Lipinski definition) is 30. The van der Waals surface area contributed by atoms with Gasteiger partial charge in [-0.1, -0.05) is 63.1 Å². The molecule has 0 radical (unpaired) electrons. The zero-order chi connectivity index (χ0) is 79.1. The Morgan fingerprint density at radius 1 is 0.861 bits per heavy atom. The highest BCUT2D eigenvalue weighted by Crippen LogP contribution is 2.49. The third kappa shape index (κ3) is 21.7. The maximum atomic E-state index is 14.6. The van der Waals surface area contributed by atoms with Crippen LogP contribution in [-0.4, -0.2) is 257 Å². The maximum absolute atomic E-state index is 14.6. The molecule has 31 nitrogen and oxygen atoms in total. The predicted molar refractivity (Wildman–Crippen MR) is 403 cm³/mol. The fourth-order valence-electron chi connectivity index (χ4n) is 13.0. The van der Waals surface area contributed by atoms with Crippen molar-refractivity contribution in [3.05, 3.63) is 79.6 Å². The third-order valence-electron chi connectivity index (χ3n) is 18.6. The number of carbonyl (C=O) groups is 6. The molecule has 2 bridgehead atoms. The number of alkyl carbamates (subject to hydrolysis) is 1. The van der Waals surface area contributed by atoms with E-state index in [1.807, 2.05) is 43.4 Å². The molecule has 19 atom stereocenters. The lowest BCUT2D eigenvalue weighted by atomic mass is 9.75. The van der Waals surface area contributed by atoms with Crippen molar-refractivity contribution in [1.29, 1.82) is 0 Å². The molecule has 9 N–H and O–H groups in total. The van der Waals surface area contributed by atoms with Crippen LogP contribution >= 0.6 is 55.9 Å². The van der Waals surface area contributed by atoms with Gasteiger partial charge in [-0.25, -0.2) is 10.2 Å². The van der Waals surface area contributed by atoms with E-state index >= 15 is 0 Å². The van der Waals surface area contributed by atoms with Gasteiger partial charge < -0.3 is 97.1 Å². The second-order valence-electron chi connectivity index (χ2n) is 26.7. The number of ketones is 1. The number of likely N-dealkylation sites (N-methyl/N-ethyl adjacent to an activating group) is 1. The summed E-state index contributed by atoms with van der Waals surface area (Å²) >= 11 is 2.78. The molecule has 0 saturated carbocycles. The number of aliphatic carboxylic acids is 1. The maximum Gasteiger partial charge on any atom is 0.411 e. The summed E-state index contributed by atoms with van der Waals surface area (Å²) in [6, 6.07) is 5.24. The lowest BCUT2D eigenvalue weighted by molar-refractivity contribution is -0.337. The first-order valence-electron chi connectivity index (χ1n) is 34.8. The van der Waals surface area contributed by atoms with Crippen molar-refractivity contribution in [2.75, 3.05) is 61.1 Å². The van der Waals surface area contributed by atoms with Crippen LogP contribution in [0.1, 0.15) is 115 Å². The van der Waals surface area contributed by atoms with Crippen molar-refractivity contribution in [3.63, 3.8) is 0 Å². The summed E-state index contributed by atoms with van der Waals surface area (Å²) in [5, 5.41) is 73.4. The highest BCUT2D eigenvalue weighted by atomic mass is 127. The summed E-state index contributed by atoms with van der Waals surface area (Å²) in [5.74, 6) is 9.92. The number of methoxy groups -OCH3 is 5. The summed E-state index contributed by atoms with van der Waals surface area (Å²) in [6.07, 6.45) is -15.6. The first-order valence-corrected chi connectivity index (χ1v) is 39.1. The minimum Gasteiger partial charge on any atom is -0.494 e. The molecule has 8 rings (SSSR count). The molecule has 2 aliphatic carbocycles. The average Bonchev–Trinajstić information content (AvgIpc) is 0.755. The number of carbonyl (C=O) groups excluding carboxylic acids is 5. The lowest BCUT2D eigenvalue weighted by Crippen LogP contribution is -2.65. The van der Waals surface area contributed by atoms with E-state index < -0.39 is 149 Å². The van der Waals surface area contributed by atoms with Crippen LogP contribution < -0.4 is 35.2 Å². The van der Waals surface area contributed by atoms with Gasteiger partial charge in [0.2, 0.25) is 29.0 Å². The Hall–Kier alpha value is -6.15. The number of hydrazone groups is 1. The van der Waals surface area contributed by atoms with Crippen molar-refractivity contribution in [2.45, 2.75) is 221 Å². The first kappa shape index (κ1) is 87.4. The van der Waals surface area contributed by atoms with Crippen molar-refractivity contribution in [1.82, 2.24) is 21.1 Å². The number of aliphatic hydroxyl groups excluding tert-OH is 4. The smallest absolute Gasteiger partial charge is 0.411 e. The Kier molecular flexibility index (Phi) is 32.3.